The molecule has 0 bridgehead atoms. The molecule has 21 heavy (non-hydrogen) atoms. The van der Waals surface area contributed by atoms with E-state index in [0.29, 0.717) is 11.4 Å². The topological polar surface area (TPSA) is 77.2 Å². The summed E-state index contributed by atoms with van der Waals surface area (Å²) in [5.41, 5.74) is 7.09. The Bertz CT molecular complexity index is 647. The molecule has 1 aromatic carbocycles. The van der Waals surface area contributed by atoms with E-state index in [0.717, 1.165) is 5.69 Å². The van der Waals surface area contributed by atoms with Crippen LogP contribution in [0.5, 0.6) is 5.75 Å². The molecule has 0 aliphatic heterocycles. The normalized spacial score (nSPS) is 10.2. The zero-order valence-corrected chi connectivity index (χ0v) is 11.6. The summed E-state index contributed by atoms with van der Waals surface area (Å²) in [6.07, 6.45) is 0. The lowest BCUT2D eigenvalue weighted by molar-refractivity contribution is -0.118. The van der Waals surface area contributed by atoms with Gasteiger partial charge in [0, 0.05) is 12.2 Å². The van der Waals surface area contributed by atoms with Gasteiger partial charge in [0.2, 0.25) is 0 Å². The summed E-state index contributed by atoms with van der Waals surface area (Å²) in [6, 6.07) is 9.41. The number of hydrogen-bond donors (Lipinski definition) is 2. The summed E-state index contributed by atoms with van der Waals surface area (Å²) < 4.78 is 18.8. The van der Waals surface area contributed by atoms with Gasteiger partial charge >= 0.3 is 0 Å². The Kier molecular flexibility index (Phi) is 4.84. The van der Waals surface area contributed by atoms with E-state index in [-0.39, 0.29) is 18.8 Å². The molecule has 1 aromatic heterocycles. The summed E-state index contributed by atoms with van der Waals surface area (Å²) in [4.78, 5) is 16.0. The Hall–Kier alpha value is -2.47. The van der Waals surface area contributed by atoms with Crippen LogP contribution in [0.3, 0.4) is 0 Å². The van der Waals surface area contributed by atoms with Crippen LogP contribution in [0.2, 0.25) is 0 Å². The van der Waals surface area contributed by atoms with Crippen molar-refractivity contribution in [2.75, 3.05) is 11.9 Å². The van der Waals surface area contributed by atoms with Gasteiger partial charge in [-0.05, 0) is 31.2 Å². The third-order valence-corrected chi connectivity index (χ3v) is 2.77. The molecule has 2 rings (SSSR count). The molecule has 6 heteroatoms. The van der Waals surface area contributed by atoms with Gasteiger partial charge < -0.3 is 15.8 Å². The van der Waals surface area contributed by atoms with E-state index < -0.39 is 11.7 Å². The molecular weight excluding hydrogens is 273 g/mol. The van der Waals surface area contributed by atoms with Crippen LogP contribution in [0.1, 0.15) is 11.4 Å². The zero-order chi connectivity index (χ0) is 15.2. The molecule has 0 radical (unpaired) electrons. The van der Waals surface area contributed by atoms with Crippen molar-refractivity contribution in [2.24, 2.45) is 5.73 Å². The second-order valence-electron chi connectivity index (χ2n) is 4.42. The summed E-state index contributed by atoms with van der Waals surface area (Å²) >= 11 is 0. The number of hydrogen-bond acceptors (Lipinski definition) is 4. The van der Waals surface area contributed by atoms with Gasteiger partial charge in [-0.2, -0.15) is 0 Å². The van der Waals surface area contributed by atoms with Gasteiger partial charge in [0.25, 0.3) is 5.91 Å². The zero-order valence-electron chi connectivity index (χ0n) is 11.6. The maximum absolute atomic E-state index is 13.4. The Morgan fingerprint density at radius 2 is 2.10 bits per heavy atom. The van der Waals surface area contributed by atoms with Crippen LogP contribution in [0.15, 0.2) is 36.4 Å². The number of nitrogens with one attached hydrogen (secondary N) is 1. The fraction of sp³-hybridized carbons (Fsp3) is 0.200. The number of halogens is 1. The number of nitrogens with two attached hydrogens (primary N) is 1. The van der Waals surface area contributed by atoms with Crippen LogP contribution in [0, 0.1) is 12.7 Å². The van der Waals surface area contributed by atoms with Crippen molar-refractivity contribution >= 4 is 11.6 Å². The van der Waals surface area contributed by atoms with Gasteiger partial charge in [0.1, 0.15) is 11.6 Å². The van der Waals surface area contributed by atoms with E-state index >= 15 is 0 Å². The molecule has 3 N–H and O–H groups in total. The first-order valence-corrected chi connectivity index (χ1v) is 6.44. The van der Waals surface area contributed by atoms with Crippen molar-refractivity contribution in [3.05, 3.63) is 53.6 Å². The Balaban J connectivity index is 1.97. The average molecular weight is 289 g/mol. The van der Waals surface area contributed by atoms with Crippen molar-refractivity contribution in [3.63, 3.8) is 0 Å². The first kappa shape index (κ1) is 14.9. The summed E-state index contributed by atoms with van der Waals surface area (Å²) in [7, 11) is 0. The monoisotopic (exact) mass is 289 g/mol. The molecular formula is C15H16FN3O2. The van der Waals surface area contributed by atoms with E-state index in [1.54, 1.807) is 24.3 Å². The minimum Gasteiger partial charge on any atom is -0.482 e. The molecule has 0 saturated carbocycles. The number of amides is 1. The third kappa shape index (κ3) is 4.00. The maximum atomic E-state index is 13.4. The van der Waals surface area contributed by atoms with E-state index in [1.165, 1.54) is 12.1 Å². The number of rotatable bonds is 5. The SMILES string of the molecule is Cc1ccc(OCC(=O)Nc2ccccc2F)c(CN)n1. The van der Waals surface area contributed by atoms with Crippen LogP contribution >= 0.6 is 0 Å². The van der Waals surface area contributed by atoms with E-state index in [4.69, 9.17) is 10.5 Å². The number of benzene rings is 1. The molecule has 0 spiro atoms. The van der Waals surface area contributed by atoms with E-state index in [9.17, 15) is 9.18 Å². The molecule has 0 aliphatic rings. The molecule has 1 heterocycles. The minimum absolute atomic E-state index is 0.118. The highest BCUT2D eigenvalue weighted by Crippen LogP contribution is 2.17. The van der Waals surface area contributed by atoms with Gasteiger partial charge in [0.05, 0.1) is 11.4 Å². The van der Waals surface area contributed by atoms with Gasteiger partial charge in [0.15, 0.2) is 6.61 Å². The number of nitrogens with zero attached hydrogens (tertiary/aromatic N) is 1. The second-order valence-corrected chi connectivity index (χ2v) is 4.42. The van der Waals surface area contributed by atoms with Crippen LogP contribution in [-0.4, -0.2) is 17.5 Å². The highest BCUT2D eigenvalue weighted by atomic mass is 19.1. The van der Waals surface area contributed by atoms with Crippen molar-refractivity contribution < 1.29 is 13.9 Å². The van der Waals surface area contributed by atoms with Gasteiger partial charge in [-0.3, -0.25) is 9.78 Å². The summed E-state index contributed by atoms with van der Waals surface area (Å²) in [6.45, 7) is 1.81. The van der Waals surface area contributed by atoms with Crippen molar-refractivity contribution in [1.82, 2.24) is 4.98 Å². The van der Waals surface area contributed by atoms with Gasteiger partial charge in [-0.15, -0.1) is 0 Å². The Morgan fingerprint density at radius 1 is 1.33 bits per heavy atom. The molecule has 0 unspecified atom stereocenters. The molecule has 0 atom stereocenters. The predicted molar refractivity (Wildman–Crippen MR) is 77.4 cm³/mol. The minimum atomic E-state index is -0.495. The van der Waals surface area contributed by atoms with E-state index in [1.807, 2.05) is 6.92 Å². The van der Waals surface area contributed by atoms with Crippen molar-refractivity contribution in [2.45, 2.75) is 13.5 Å². The number of ether oxygens (including phenoxy) is 1. The molecule has 0 aliphatic carbocycles. The number of anilines is 1. The first-order chi connectivity index (χ1) is 10.1. The van der Waals surface area contributed by atoms with Crippen LogP contribution in [-0.2, 0) is 11.3 Å². The molecule has 1 amide bonds. The summed E-state index contributed by atoms with van der Waals surface area (Å²) in [5.74, 6) is -0.499. The Labute approximate surface area is 121 Å². The number of carbonyl (C=O) groups excluding carboxylic acids is 1. The quantitative estimate of drug-likeness (QED) is 0.882. The fourth-order valence-electron chi connectivity index (χ4n) is 1.77. The van der Waals surface area contributed by atoms with Crippen molar-refractivity contribution in [1.29, 1.82) is 0 Å². The molecule has 0 saturated heterocycles. The molecule has 2 aromatic rings. The van der Waals surface area contributed by atoms with Crippen molar-refractivity contribution in [3.8, 4) is 5.75 Å². The molecule has 0 fully saturated rings. The lowest BCUT2D eigenvalue weighted by Crippen LogP contribution is -2.21. The predicted octanol–water partition coefficient (Wildman–Crippen LogP) is 2.01. The lowest BCUT2D eigenvalue weighted by atomic mass is 10.3. The van der Waals surface area contributed by atoms with Crippen LogP contribution in [0.25, 0.3) is 0 Å². The number of para-hydroxylation sites is 1. The van der Waals surface area contributed by atoms with E-state index in [2.05, 4.69) is 10.3 Å². The third-order valence-electron chi connectivity index (χ3n) is 2.77. The van der Waals surface area contributed by atoms with Crippen LogP contribution < -0.4 is 15.8 Å². The number of carbonyl (C=O) groups is 1. The standard InChI is InChI=1S/C15H16FN3O2/c1-10-6-7-14(13(8-17)18-10)21-9-15(20)19-12-5-3-2-4-11(12)16/h2-7H,8-9,17H2,1H3,(H,19,20). The molecule has 5 nitrogen and oxygen atoms in total. The maximum Gasteiger partial charge on any atom is 0.262 e. The first-order valence-electron chi connectivity index (χ1n) is 6.44. The Morgan fingerprint density at radius 3 is 2.81 bits per heavy atom. The number of aryl methyl sites for hydroxylation is 1. The average Bonchev–Trinajstić information content (AvgIpc) is 2.48. The smallest absolute Gasteiger partial charge is 0.262 e. The highest BCUT2D eigenvalue weighted by Gasteiger charge is 2.09. The second kappa shape index (κ2) is 6.81. The van der Waals surface area contributed by atoms with Crippen LogP contribution in [0.4, 0.5) is 10.1 Å². The summed E-state index contributed by atoms with van der Waals surface area (Å²) in [5, 5.41) is 2.44. The lowest BCUT2D eigenvalue weighted by Gasteiger charge is -2.11. The number of pyridine rings is 1. The number of aromatic nitrogens is 1. The fourth-order valence-corrected chi connectivity index (χ4v) is 1.77. The van der Waals surface area contributed by atoms with Gasteiger partial charge in [-0.25, -0.2) is 4.39 Å². The highest BCUT2D eigenvalue weighted by molar-refractivity contribution is 5.91. The van der Waals surface area contributed by atoms with Gasteiger partial charge in [-0.1, -0.05) is 12.1 Å². The molecule has 110 valence electrons. The largest absolute Gasteiger partial charge is 0.482 e.